The van der Waals surface area contributed by atoms with Crippen LogP contribution in [-0.2, 0) is 0 Å². The molecular weight excluding hydrogens is 711 g/mol. The molecule has 0 saturated carbocycles. The minimum atomic E-state index is 0.595. The summed E-state index contributed by atoms with van der Waals surface area (Å²) >= 11 is 0. The molecule has 0 aliphatic carbocycles. The first-order valence-corrected chi connectivity index (χ1v) is 19.4. The quantitative estimate of drug-likeness (QED) is 0.176. The van der Waals surface area contributed by atoms with Crippen LogP contribution in [0.3, 0.4) is 0 Å². The van der Waals surface area contributed by atoms with Gasteiger partial charge in [0.2, 0.25) is 0 Å². The average molecular weight is 742 g/mol. The molecule has 3 aromatic heterocycles. The molecule has 0 aliphatic rings. The van der Waals surface area contributed by atoms with Crippen molar-refractivity contribution >= 4 is 65.4 Å². The van der Waals surface area contributed by atoms with Crippen molar-refractivity contribution in [1.29, 1.82) is 0 Å². The molecule has 0 spiro atoms. The lowest BCUT2D eigenvalue weighted by molar-refractivity contribution is 0.668. The molecule has 0 aliphatic heterocycles. The van der Waals surface area contributed by atoms with Crippen molar-refractivity contribution in [3.05, 3.63) is 188 Å². The van der Waals surface area contributed by atoms with Gasteiger partial charge in [-0.15, -0.1) is 0 Å². The number of fused-ring (bicyclic) bond motifs is 9. The van der Waals surface area contributed by atoms with Gasteiger partial charge in [-0.25, -0.2) is 15.0 Å². The van der Waals surface area contributed by atoms with Gasteiger partial charge in [-0.05, 0) is 92.3 Å². The fourth-order valence-electron chi connectivity index (χ4n) is 8.48. The Labute approximate surface area is 332 Å². The van der Waals surface area contributed by atoms with E-state index in [1.165, 1.54) is 11.1 Å². The molecule has 0 unspecified atom stereocenters. The highest BCUT2D eigenvalue weighted by Crippen LogP contribution is 2.39. The van der Waals surface area contributed by atoms with Gasteiger partial charge < -0.3 is 8.83 Å². The van der Waals surface area contributed by atoms with Crippen molar-refractivity contribution in [3.63, 3.8) is 0 Å². The van der Waals surface area contributed by atoms with Gasteiger partial charge in [0.25, 0.3) is 0 Å². The molecule has 5 nitrogen and oxygen atoms in total. The predicted octanol–water partition coefficient (Wildman–Crippen LogP) is 14.3. The Morgan fingerprint density at radius 1 is 0.276 bits per heavy atom. The van der Waals surface area contributed by atoms with Crippen LogP contribution in [0.15, 0.2) is 197 Å². The van der Waals surface area contributed by atoms with Crippen molar-refractivity contribution in [2.24, 2.45) is 0 Å². The lowest BCUT2D eigenvalue weighted by Gasteiger charge is -2.11. The monoisotopic (exact) mass is 741 g/mol. The number of hydrogen-bond donors (Lipinski definition) is 0. The molecule has 0 amide bonds. The summed E-state index contributed by atoms with van der Waals surface area (Å²) in [5, 5.41) is 8.83. The zero-order chi connectivity index (χ0) is 38.2. The van der Waals surface area contributed by atoms with Crippen molar-refractivity contribution in [1.82, 2.24) is 15.0 Å². The van der Waals surface area contributed by atoms with Gasteiger partial charge in [0.1, 0.15) is 22.3 Å². The SMILES string of the molecule is c1ccc(-c2ccc3cc(-c4nc(-c5cccc(-c6cccc7oc8ccccc8c67)c5)nc(-c5ccc6ccc7oc8ccccc8c7c6c5)n4)ccc3c2)cc1. The standard InChI is InChI=1S/C53H31N3O2/c1-2-10-32(11-3-1)34-21-22-36-29-39(25-23-35(36)28-34)52-54-51(38-13-8-12-37(30-38)41-16-9-19-47-49(41)42-14-4-6-17-45(42)57-47)55-53(56-52)40-24-20-33-26-27-48-50(44(33)31-40)43-15-5-7-18-46(43)58-48/h1-31H. The van der Waals surface area contributed by atoms with Gasteiger partial charge in [-0.3, -0.25) is 0 Å². The molecular formula is C53H31N3O2. The van der Waals surface area contributed by atoms with Crippen LogP contribution < -0.4 is 0 Å². The molecule has 0 bridgehead atoms. The second-order valence-electron chi connectivity index (χ2n) is 14.8. The van der Waals surface area contributed by atoms with E-state index in [4.69, 9.17) is 23.8 Å². The molecule has 12 rings (SSSR count). The van der Waals surface area contributed by atoms with Gasteiger partial charge in [-0.1, -0.05) is 140 Å². The summed E-state index contributed by atoms with van der Waals surface area (Å²) in [5.74, 6) is 1.80. The highest BCUT2D eigenvalue weighted by atomic mass is 16.3. The van der Waals surface area contributed by atoms with Gasteiger partial charge in [-0.2, -0.15) is 0 Å². The van der Waals surface area contributed by atoms with Crippen LogP contribution in [0.2, 0.25) is 0 Å². The van der Waals surface area contributed by atoms with Gasteiger partial charge in [0, 0.05) is 38.2 Å². The largest absolute Gasteiger partial charge is 0.456 e. The van der Waals surface area contributed by atoms with E-state index in [1.807, 2.05) is 42.5 Å². The molecule has 58 heavy (non-hydrogen) atoms. The maximum atomic E-state index is 6.27. The highest BCUT2D eigenvalue weighted by Gasteiger charge is 2.18. The van der Waals surface area contributed by atoms with E-state index in [0.717, 1.165) is 93.2 Å². The number of furan rings is 2. The lowest BCUT2D eigenvalue weighted by atomic mass is 9.97. The van der Waals surface area contributed by atoms with Crippen molar-refractivity contribution in [2.75, 3.05) is 0 Å². The normalized spacial score (nSPS) is 11.8. The number of hydrogen-bond acceptors (Lipinski definition) is 5. The van der Waals surface area contributed by atoms with E-state index in [1.54, 1.807) is 0 Å². The maximum Gasteiger partial charge on any atom is 0.164 e. The molecule has 5 heteroatoms. The highest BCUT2D eigenvalue weighted by molar-refractivity contribution is 6.19. The van der Waals surface area contributed by atoms with Crippen LogP contribution in [0, 0.1) is 0 Å². The summed E-state index contributed by atoms with van der Waals surface area (Å²) in [6, 6.07) is 65.2. The third-order valence-corrected chi connectivity index (χ3v) is 11.3. The smallest absolute Gasteiger partial charge is 0.164 e. The van der Waals surface area contributed by atoms with Crippen molar-refractivity contribution < 1.29 is 8.83 Å². The molecule has 0 N–H and O–H groups in total. The maximum absolute atomic E-state index is 6.27. The molecule has 3 heterocycles. The topological polar surface area (TPSA) is 65.0 Å². The Kier molecular flexibility index (Phi) is 7.16. The van der Waals surface area contributed by atoms with Crippen LogP contribution in [-0.4, -0.2) is 15.0 Å². The summed E-state index contributed by atoms with van der Waals surface area (Å²) in [6.45, 7) is 0. The zero-order valence-electron chi connectivity index (χ0n) is 31.1. The van der Waals surface area contributed by atoms with E-state index in [-0.39, 0.29) is 0 Å². The first-order valence-electron chi connectivity index (χ1n) is 19.4. The second kappa shape index (κ2) is 12.8. The van der Waals surface area contributed by atoms with Gasteiger partial charge in [0.05, 0.1) is 0 Å². The van der Waals surface area contributed by atoms with Crippen LogP contribution in [0.1, 0.15) is 0 Å². The summed E-state index contributed by atoms with van der Waals surface area (Å²) < 4.78 is 12.5. The molecule has 0 saturated heterocycles. The van der Waals surface area contributed by atoms with E-state index in [2.05, 4.69) is 146 Å². The minimum absolute atomic E-state index is 0.595. The summed E-state index contributed by atoms with van der Waals surface area (Å²) in [7, 11) is 0. The molecule has 12 aromatic rings. The average Bonchev–Trinajstić information content (AvgIpc) is 3.88. The number of nitrogens with zero attached hydrogens (tertiary/aromatic N) is 3. The Morgan fingerprint density at radius 2 is 0.776 bits per heavy atom. The molecule has 9 aromatic carbocycles. The number of rotatable bonds is 5. The Bertz CT molecular complexity index is 3580. The summed E-state index contributed by atoms with van der Waals surface area (Å²) in [5.41, 5.74) is 10.7. The zero-order valence-corrected chi connectivity index (χ0v) is 31.1. The lowest BCUT2D eigenvalue weighted by Crippen LogP contribution is -2.00. The first kappa shape index (κ1) is 32.4. The van der Waals surface area contributed by atoms with Crippen LogP contribution in [0.25, 0.3) is 122 Å². The number of aromatic nitrogens is 3. The third-order valence-electron chi connectivity index (χ3n) is 11.3. The van der Waals surface area contributed by atoms with Crippen LogP contribution >= 0.6 is 0 Å². The minimum Gasteiger partial charge on any atom is -0.456 e. The Balaban J connectivity index is 1.04. The van der Waals surface area contributed by atoms with Crippen molar-refractivity contribution in [3.8, 4) is 56.4 Å². The Morgan fingerprint density at radius 3 is 1.52 bits per heavy atom. The molecule has 0 radical (unpaired) electrons. The van der Waals surface area contributed by atoms with Crippen LogP contribution in [0.5, 0.6) is 0 Å². The van der Waals surface area contributed by atoms with E-state index < -0.39 is 0 Å². The molecule has 0 fully saturated rings. The predicted molar refractivity (Wildman–Crippen MR) is 237 cm³/mol. The second-order valence-corrected chi connectivity index (χ2v) is 14.8. The third kappa shape index (κ3) is 5.29. The van der Waals surface area contributed by atoms with E-state index in [0.29, 0.717) is 17.5 Å². The first-order chi connectivity index (χ1) is 28.7. The summed E-state index contributed by atoms with van der Waals surface area (Å²) in [4.78, 5) is 15.6. The van der Waals surface area contributed by atoms with E-state index in [9.17, 15) is 0 Å². The molecule has 270 valence electrons. The summed E-state index contributed by atoms with van der Waals surface area (Å²) in [6.07, 6.45) is 0. The van der Waals surface area contributed by atoms with Gasteiger partial charge >= 0.3 is 0 Å². The number of para-hydroxylation sites is 2. The molecule has 0 atom stereocenters. The van der Waals surface area contributed by atoms with Crippen molar-refractivity contribution in [2.45, 2.75) is 0 Å². The fraction of sp³-hybridized carbons (Fsp3) is 0. The fourth-order valence-corrected chi connectivity index (χ4v) is 8.48. The van der Waals surface area contributed by atoms with Gasteiger partial charge in [0.15, 0.2) is 17.5 Å². The van der Waals surface area contributed by atoms with Crippen LogP contribution in [0.4, 0.5) is 0 Å². The Hall–Kier alpha value is -7.89. The number of benzene rings is 9. The van der Waals surface area contributed by atoms with E-state index >= 15 is 0 Å².